The molecule has 21 heavy (non-hydrogen) atoms. The molecular weight excluding hydrogens is 297 g/mol. The van der Waals surface area contributed by atoms with Crippen molar-refractivity contribution in [2.24, 2.45) is 0 Å². The zero-order valence-electron chi connectivity index (χ0n) is 11.2. The molecule has 0 aromatic heterocycles. The fourth-order valence-corrected chi connectivity index (χ4v) is 1.91. The number of anilines is 1. The number of hydrogen-bond acceptors (Lipinski definition) is 4. The lowest BCUT2D eigenvalue weighted by atomic mass is 10.2. The largest absolute Gasteiger partial charge is 0.487 e. The minimum absolute atomic E-state index is 0.0543. The molecule has 0 saturated heterocycles. The normalized spacial score (nSPS) is 10.2. The number of ether oxygens (including phenoxy) is 2. The molecule has 2 aromatic rings. The lowest BCUT2D eigenvalue weighted by Crippen LogP contribution is -2.05. The Hall–Kier alpha value is -2.27. The summed E-state index contributed by atoms with van der Waals surface area (Å²) in [5, 5.41) is 0.409. The van der Waals surface area contributed by atoms with Gasteiger partial charge >= 0.3 is 5.97 Å². The number of hydrogen-bond donors (Lipinski definition) is 1. The molecule has 2 N–H and O–H groups in total. The van der Waals surface area contributed by atoms with E-state index in [0.29, 0.717) is 21.8 Å². The van der Waals surface area contributed by atoms with Crippen molar-refractivity contribution >= 4 is 23.3 Å². The first kappa shape index (κ1) is 15.1. The maximum Gasteiger partial charge on any atom is 0.337 e. The van der Waals surface area contributed by atoms with E-state index in [2.05, 4.69) is 4.74 Å². The predicted octanol–water partition coefficient (Wildman–Crippen LogP) is 3.43. The van der Waals surface area contributed by atoms with Crippen LogP contribution in [0.4, 0.5) is 10.1 Å². The van der Waals surface area contributed by atoms with Gasteiger partial charge in [0.05, 0.1) is 18.4 Å². The molecule has 0 aliphatic heterocycles. The first-order valence-electron chi connectivity index (χ1n) is 6.06. The number of carbonyl (C=O) groups is 1. The van der Waals surface area contributed by atoms with Crippen LogP contribution in [-0.4, -0.2) is 13.1 Å². The molecule has 0 aliphatic rings. The molecule has 2 aromatic carbocycles. The highest BCUT2D eigenvalue weighted by Gasteiger charge is 2.10. The van der Waals surface area contributed by atoms with Crippen LogP contribution in [0.2, 0.25) is 5.02 Å². The van der Waals surface area contributed by atoms with E-state index >= 15 is 0 Å². The van der Waals surface area contributed by atoms with E-state index in [-0.39, 0.29) is 12.4 Å². The molecule has 0 heterocycles. The molecule has 0 atom stereocenters. The summed E-state index contributed by atoms with van der Waals surface area (Å²) in [6, 6.07) is 8.67. The summed E-state index contributed by atoms with van der Waals surface area (Å²) in [7, 11) is 1.28. The van der Waals surface area contributed by atoms with Crippen LogP contribution in [0, 0.1) is 5.82 Å². The Morgan fingerprint density at radius 3 is 2.76 bits per heavy atom. The van der Waals surface area contributed by atoms with E-state index in [1.54, 1.807) is 0 Å². The van der Waals surface area contributed by atoms with Gasteiger partial charge < -0.3 is 15.2 Å². The lowest BCUT2D eigenvalue weighted by Gasteiger charge is -2.11. The third kappa shape index (κ3) is 3.64. The summed E-state index contributed by atoms with van der Waals surface area (Å²) in [6.45, 7) is -0.0543. The number of methoxy groups -OCH3 is 1. The van der Waals surface area contributed by atoms with Crippen LogP contribution in [0.5, 0.6) is 5.75 Å². The van der Waals surface area contributed by atoms with Crippen molar-refractivity contribution in [3.05, 3.63) is 58.4 Å². The Bertz CT molecular complexity index is 676. The molecule has 0 bridgehead atoms. The van der Waals surface area contributed by atoms with E-state index in [0.717, 1.165) is 0 Å². The molecule has 0 radical (unpaired) electrons. The maximum atomic E-state index is 13.6. The molecule has 0 saturated carbocycles. The summed E-state index contributed by atoms with van der Waals surface area (Å²) in [4.78, 5) is 11.5. The second-order valence-corrected chi connectivity index (χ2v) is 4.71. The number of halogens is 2. The fourth-order valence-electron chi connectivity index (χ4n) is 1.71. The number of benzene rings is 2. The van der Waals surface area contributed by atoms with Crippen LogP contribution in [-0.2, 0) is 11.3 Å². The molecule has 6 heteroatoms. The van der Waals surface area contributed by atoms with Crippen LogP contribution >= 0.6 is 11.6 Å². The van der Waals surface area contributed by atoms with Crippen LogP contribution in [0.1, 0.15) is 15.9 Å². The van der Waals surface area contributed by atoms with E-state index < -0.39 is 11.8 Å². The molecule has 0 aliphatic carbocycles. The number of rotatable bonds is 4. The van der Waals surface area contributed by atoms with Gasteiger partial charge in [-0.1, -0.05) is 11.6 Å². The van der Waals surface area contributed by atoms with E-state index in [1.165, 1.54) is 43.5 Å². The Kier molecular flexibility index (Phi) is 4.65. The zero-order valence-corrected chi connectivity index (χ0v) is 12.0. The summed E-state index contributed by atoms with van der Waals surface area (Å²) >= 11 is 5.81. The van der Waals surface area contributed by atoms with Crippen molar-refractivity contribution in [2.75, 3.05) is 12.8 Å². The topological polar surface area (TPSA) is 61.5 Å². The van der Waals surface area contributed by atoms with Gasteiger partial charge in [0, 0.05) is 10.6 Å². The second-order valence-electron chi connectivity index (χ2n) is 4.27. The number of carbonyl (C=O) groups excluding carboxylic acids is 1. The molecule has 0 unspecified atom stereocenters. The number of esters is 1. The number of nitrogen functional groups attached to an aromatic ring is 1. The Balaban J connectivity index is 2.19. The third-order valence-corrected chi connectivity index (χ3v) is 3.06. The molecule has 110 valence electrons. The minimum Gasteiger partial charge on any atom is -0.487 e. The van der Waals surface area contributed by atoms with Gasteiger partial charge in [-0.15, -0.1) is 0 Å². The van der Waals surface area contributed by atoms with Gasteiger partial charge in [-0.2, -0.15) is 0 Å². The molecular formula is C15H13ClFNO3. The van der Waals surface area contributed by atoms with Gasteiger partial charge in [0.2, 0.25) is 0 Å². The van der Waals surface area contributed by atoms with E-state index in [1.807, 2.05) is 0 Å². The Morgan fingerprint density at radius 2 is 2.05 bits per heavy atom. The Labute approximate surface area is 126 Å². The predicted molar refractivity (Wildman–Crippen MR) is 77.9 cm³/mol. The molecule has 0 fully saturated rings. The third-order valence-electron chi connectivity index (χ3n) is 2.83. The number of nitrogens with two attached hydrogens (primary N) is 1. The van der Waals surface area contributed by atoms with Crippen LogP contribution in [0.3, 0.4) is 0 Å². The minimum atomic E-state index is -0.506. The first-order valence-corrected chi connectivity index (χ1v) is 6.43. The van der Waals surface area contributed by atoms with Crippen molar-refractivity contribution in [3.63, 3.8) is 0 Å². The highest BCUT2D eigenvalue weighted by molar-refractivity contribution is 6.30. The van der Waals surface area contributed by atoms with Gasteiger partial charge in [-0.25, -0.2) is 9.18 Å². The SMILES string of the molecule is COC(=O)c1ccc(N)c(OCc2cc(Cl)ccc2F)c1. The summed E-state index contributed by atoms with van der Waals surface area (Å²) in [5.74, 6) is -0.659. The summed E-state index contributed by atoms with van der Waals surface area (Å²) in [5.41, 5.74) is 6.70. The zero-order chi connectivity index (χ0) is 15.4. The molecule has 0 amide bonds. The highest BCUT2D eigenvalue weighted by Crippen LogP contribution is 2.25. The van der Waals surface area contributed by atoms with E-state index in [9.17, 15) is 9.18 Å². The average Bonchev–Trinajstić information content (AvgIpc) is 2.48. The van der Waals surface area contributed by atoms with Gasteiger partial charge in [-0.05, 0) is 36.4 Å². The van der Waals surface area contributed by atoms with Crippen molar-refractivity contribution in [1.82, 2.24) is 0 Å². The smallest absolute Gasteiger partial charge is 0.337 e. The second kappa shape index (κ2) is 6.45. The van der Waals surface area contributed by atoms with Crippen LogP contribution < -0.4 is 10.5 Å². The van der Waals surface area contributed by atoms with Crippen LogP contribution in [0.25, 0.3) is 0 Å². The summed E-state index contributed by atoms with van der Waals surface area (Å²) < 4.78 is 23.7. The molecule has 0 spiro atoms. The van der Waals surface area contributed by atoms with Crippen molar-refractivity contribution < 1.29 is 18.7 Å². The first-order chi connectivity index (χ1) is 10.0. The molecule has 2 rings (SSSR count). The van der Waals surface area contributed by atoms with Gasteiger partial charge in [-0.3, -0.25) is 0 Å². The van der Waals surface area contributed by atoms with Crippen LogP contribution in [0.15, 0.2) is 36.4 Å². The van der Waals surface area contributed by atoms with Gasteiger partial charge in [0.15, 0.2) is 0 Å². The van der Waals surface area contributed by atoms with Crippen molar-refractivity contribution in [1.29, 1.82) is 0 Å². The molecule has 4 nitrogen and oxygen atoms in total. The highest BCUT2D eigenvalue weighted by atomic mass is 35.5. The maximum absolute atomic E-state index is 13.6. The van der Waals surface area contributed by atoms with Gasteiger partial charge in [0.25, 0.3) is 0 Å². The standard InChI is InChI=1S/C15H13ClFNO3/c1-20-15(19)9-2-5-13(18)14(7-9)21-8-10-6-11(16)3-4-12(10)17/h2-7H,8,18H2,1H3. The van der Waals surface area contributed by atoms with E-state index in [4.69, 9.17) is 22.1 Å². The lowest BCUT2D eigenvalue weighted by molar-refractivity contribution is 0.0600. The summed E-state index contributed by atoms with van der Waals surface area (Å²) in [6.07, 6.45) is 0. The van der Waals surface area contributed by atoms with Crippen molar-refractivity contribution in [3.8, 4) is 5.75 Å². The quantitative estimate of drug-likeness (QED) is 0.694. The van der Waals surface area contributed by atoms with Gasteiger partial charge in [0.1, 0.15) is 18.2 Å². The average molecular weight is 310 g/mol. The monoisotopic (exact) mass is 309 g/mol. The fraction of sp³-hybridized carbons (Fsp3) is 0.133. The Morgan fingerprint density at radius 1 is 1.29 bits per heavy atom. The van der Waals surface area contributed by atoms with Crippen molar-refractivity contribution in [2.45, 2.75) is 6.61 Å².